The summed E-state index contributed by atoms with van der Waals surface area (Å²) in [6, 6.07) is 18.2. The summed E-state index contributed by atoms with van der Waals surface area (Å²) in [4.78, 5) is 4.94. The van der Waals surface area contributed by atoms with Crippen molar-refractivity contribution in [2.24, 2.45) is 4.99 Å². The Bertz CT molecular complexity index is 847. The molecule has 2 aliphatic rings. The number of rotatable bonds is 2. The van der Waals surface area contributed by atoms with E-state index in [1.165, 1.54) is 0 Å². The molecule has 0 unspecified atom stereocenters. The third-order valence-corrected chi connectivity index (χ3v) is 5.88. The summed E-state index contributed by atoms with van der Waals surface area (Å²) in [6.07, 6.45) is 2.11. The predicted octanol–water partition coefficient (Wildman–Crippen LogP) is 4.07. The van der Waals surface area contributed by atoms with E-state index >= 15 is 0 Å². The Labute approximate surface area is 152 Å². The predicted molar refractivity (Wildman–Crippen MR) is 104 cm³/mol. The minimum atomic E-state index is -0.124. The Balaban J connectivity index is 1.65. The Morgan fingerprint density at radius 2 is 1.88 bits per heavy atom. The first-order valence-electron chi connectivity index (χ1n) is 8.57. The highest BCUT2D eigenvalue weighted by molar-refractivity contribution is 7.99. The number of benzene rings is 2. The van der Waals surface area contributed by atoms with E-state index in [0.29, 0.717) is 12.1 Å². The molecule has 0 aliphatic carbocycles. The van der Waals surface area contributed by atoms with Gasteiger partial charge in [-0.25, -0.2) is 4.99 Å². The molecule has 1 saturated heterocycles. The topological polar surface area (TPSA) is 60.2 Å². The molecular formula is C20H20N4S. The Kier molecular flexibility index (Phi) is 4.37. The van der Waals surface area contributed by atoms with Crippen LogP contribution >= 0.6 is 11.8 Å². The molecule has 0 saturated carbocycles. The second kappa shape index (κ2) is 6.81. The van der Waals surface area contributed by atoms with E-state index in [1.54, 1.807) is 0 Å². The van der Waals surface area contributed by atoms with Gasteiger partial charge in [0.1, 0.15) is 5.84 Å². The highest BCUT2D eigenvalue weighted by Gasteiger charge is 2.40. The third kappa shape index (κ3) is 3.10. The SMILES string of the molecule is N#Cc1ccccc1CNC1=Nc2ccccc2NC12CCSCC2. The molecule has 2 aliphatic heterocycles. The first-order valence-corrected chi connectivity index (χ1v) is 9.72. The molecule has 1 fully saturated rings. The molecule has 0 radical (unpaired) electrons. The average Bonchev–Trinajstić information content (AvgIpc) is 2.67. The number of hydrogen-bond acceptors (Lipinski definition) is 5. The highest BCUT2D eigenvalue weighted by atomic mass is 32.2. The summed E-state index contributed by atoms with van der Waals surface area (Å²) >= 11 is 2.00. The van der Waals surface area contributed by atoms with E-state index in [4.69, 9.17) is 4.99 Å². The maximum atomic E-state index is 9.30. The van der Waals surface area contributed by atoms with Crippen molar-refractivity contribution >= 4 is 29.0 Å². The summed E-state index contributed by atoms with van der Waals surface area (Å²) in [5.41, 5.74) is 3.68. The second-order valence-electron chi connectivity index (χ2n) is 6.42. The smallest absolute Gasteiger partial charge is 0.128 e. The maximum absolute atomic E-state index is 9.30. The lowest BCUT2D eigenvalue weighted by Gasteiger charge is -2.42. The number of aliphatic imine (C=N–C) groups is 1. The average molecular weight is 348 g/mol. The van der Waals surface area contributed by atoms with Crippen molar-refractivity contribution in [2.75, 3.05) is 16.8 Å². The summed E-state index contributed by atoms with van der Waals surface area (Å²) in [5, 5.41) is 16.6. The largest absolute Gasteiger partial charge is 0.371 e. The van der Waals surface area contributed by atoms with E-state index in [2.05, 4.69) is 22.8 Å². The van der Waals surface area contributed by atoms with Crippen molar-refractivity contribution in [3.63, 3.8) is 0 Å². The number of hydrogen-bond donors (Lipinski definition) is 2. The summed E-state index contributed by atoms with van der Waals surface area (Å²) in [7, 11) is 0. The number of anilines is 1. The zero-order valence-electron chi connectivity index (χ0n) is 14.0. The lowest BCUT2D eigenvalue weighted by atomic mass is 9.88. The molecule has 2 heterocycles. The van der Waals surface area contributed by atoms with Crippen LogP contribution in [0.1, 0.15) is 24.0 Å². The number of nitrogens with zero attached hydrogens (tertiary/aromatic N) is 2. The Morgan fingerprint density at radius 3 is 2.72 bits per heavy atom. The molecule has 1 spiro atoms. The Morgan fingerprint density at radius 1 is 1.12 bits per heavy atom. The van der Waals surface area contributed by atoms with Gasteiger partial charge in [-0.05, 0) is 48.1 Å². The van der Waals surface area contributed by atoms with Gasteiger partial charge in [0.15, 0.2) is 0 Å². The van der Waals surface area contributed by atoms with Crippen molar-refractivity contribution in [1.82, 2.24) is 5.32 Å². The second-order valence-corrected chi connectivity index (χ2v) is 7.64. The van der Waals surface area contributed by atoms with Crippen molar-refractivity contribution in [1.29, 1.82) is 5.26 Å². The van der Waals surface area contributed by atoms with Gasteiger partial charge in [-0.1, -0.05) is 30.3 Å². The summed E-state index contributed by atoms with van der Waals surface area (Å²) in [6.45, 7) is 0.612. The van der Waals surface area contributed by atoms with Crippen LogP contribution in [-0.4, -0.2) is 22.9 Å². The van der Waals surface area contributed by atoms with Crippen LogP contribution in [0, 0.1) is 11.3 Å². The van der Waals surface area contributed by atoms with Crippen LogP contribution in [0.25, 0.3) is 0 Å². The molecule has 126 valence electrons. The molecule has 0 atom stereocenters. The summed E-state index contributed by atoms with van der Waals surface area (Å²) < 4.78 is 0. The van der Waals surface area contributed by atoms with Gasteiger partial charge in [0.2, 0.25) is 0 Å². The maximum Gasteiger partial charge on any atom is 0.128 e. The van der Waals surface area contributed by atoms with Gasteiger partial charge in [-0.15, -0.1) is 0 Å². The highest BCUT2D eigenvalue weighted by Crippen LogP contribution is 2.39. The molecule has 0 bridgehead atoms. The van der Waals surface area contributed by atoms with Gasteiger partial charge in [0.05, 0.1) is 28.5 Å². The third-order valence-electron chi connectivity index (χ3n) is 4.89. The number of fused-ring (bicyclic) bond motifs is 1. The molecule has 2 N–H and O–H groups in total. The van der Waals surface area contributed by atoms with Crippen LogP contribution < -0.4 is 10.6 Å². The first-order chi connectivity index (χ1) is 12.3. The van der Waals surface area contributed by atoms with E-state index < -0.39 is 0 Å². The standard InChI is InChI=1S/C20H20N4S/c21-13-15-5-1-2-6-16(15)14-22-19-20(9-11-25-12-10-20)24-18-8-4-3-7-17(18)23-19/h1-8,24H,9-12,14H2,(H,22,23). The van der Waals surface area contributed by atoms with E-state index in [-0.39, 0.29) is 5.54 Å². The summed E-state index contributed by atoms with van der Waals surface area (Å²) in [5.74, 6) is 3.26. The van der Waals surface area contributed by atoms with E-state index in [1.807, 2.05) is 54.2 Å². The number of thioether (sulfide) groups is 1. The molecule has 25 heavy (non-hydrogen) atoms. The van der Waals surface area contributed by atoms with Crippen molar-refractivity contribution in [3.05, 3.63) is 59.7 Å². The molecule has 2 aromatic carbocycles. The van der Waals surface area contributed by atoms with Crippen molar-refractivity contribution in [3.8, 4) is 6.07 Å². The van der Waals surface area contributed by atoms with Crippen LogP contribution in [0.15, 0.2) is 53.5 Å². The minimum Gasteiger partial charge on any atom is -0.371 e. The molecule has 4 rings (SSSR count). The zero-order chi connectivity index (χ0) is 17.1. The number of para-hydroxylation sites is 2. The number of nitrogens with one attached hydrogen (secondary N) is 2. The Hall–Kier alpha value is -2.45. The van der Waals surface area contributed by atoms with E-state index in [0.717, 1.165) is 47.1 Å². The fourth-order valence-electron chi connectivity index (χ4n) is 3.47. The minimum absolute atomic E-state index is 0.124. The molecule has 4 nitrogen and oxygen atoms in total. The zero-order valence-corrected chi connectivity index (χ0v) is 14.8. The van der Waals surface area contributed by atoms with Gasteiger partial charge >= 0.3 is 0 Å². The van der Waals surface area contributed by atoms with Gasteiger partial charge in [0.25, 0.3) is 0 Å². The van der Waals surface area contributed by atoms with Crippen LogP contribution in [0.2, 0.25) is 0 Å². The first kappa shape index (κ1) is 16.0. The van der Waals surface area contributed by atoms with Crippen LogP contribution in [0.3, 0.4) is 0 Å². The van der Waals surface area contributed by atoms with Gasteiger partial charge < -0.3 is 10.6 Å². The lowest BCUT2D eigenvalue weighted by molar-refractivity contribution is 0.543. The fraction of sp³-hybridized carbons (Fsp3) is 0.300. The van der Waals surface area contributed by atoms with Gasteiger partial charge in [0, 0.05) is 6.54 Å². The van der Waals surface area contributed by atoms with Crippen LogP contribution in [-0.2, 0) is 6.54 Å². The normalized spacial score (nSPS) is 17.8. The quantitative estimate of drug-likeness (QED) is 0.859. The van der Waals surface area contributed by atoms with Crippen molar-refractivity contribution < 1.29 is 0 Å². The number of amidine groups is 1. The van der Waals surface area contributed by atoms with Crippen LogP contribution in [0.5, 0.6) is 0 Å². The molecule has 5 heteroatoms. The van der Waals surface area contributed by atoms with Gasteiger partial charge in [-0.3, -0.25) is 0 Å². The molecule has 0 amide bonds. The van der Waals surface area contributed by atoms with E-state index in [9.17, 15) is 5.26 Å². The van der Waals surface area contributed by atoms with Crippen molar-refractivity contribution in [2.45, 2.75) is 24.9 Å². The molecule has 2 aromatic rings. The lowest BCUT2D eigenvalue weighted by Crippen LogP contribution is -2.55. The van der Waals surface area contributed by atoms with Crippen LogP contribution in [0.4, 0.5) is 11.4 Å². The monoisotopic (exact) mass is 348 g/mol. The van der Waals surface area contributed by atoms with Gasteiger partial charge in [-0.2, -0.15) is 17.0 Å². The fourth-order valence-corrected chi connectivity index (χ4v) is 4.66. The number of nitriles is 1. The molecular weight excluding hydrogens is 328 g/mol. The molecule has 0 aromatic heterocycles.